The molecular formula is C6H11N3O3S2. The van der Waals surface area contributed by atoms with E-state index in [2.05, 4.69) is 5.10 Å². The van der Waals surface area contributed by atoms with Gasteiger partial charge in [0.2, 0.25) is 0 Å². The summed E-state index contributed by atoms with van der Waals surface area (Å²) in [5.74, 6) is -0.406. The summed E-state index contributed by atoms with van der Waals surface area (Å²) in [7, 11) is -3.98. The first-order chi connectivity index (χ1) is 6.42. The standard InChI is InChI=1S/C6H11N3O3S2/c1-2-5-8-9(6(7)13-5)3-4-14(10,11)12/h7H,2-4H2,1H3,(H,10,11,12). The van der Waals surface area contributed by atoms with Gasteiger partial charge in [-0.05, 0) is 6.42 Å². The maximum atomic E-state index is 10.4. The molecule has 6 nitrogen and oxygen atoms in total. The van der Waals surface area contributed by atoms with Gasteiger partial charge < -0.3 is 0 Å². The smallest absolute Gasteiger partial charge is 0.266 e. The van der Waals surface area contributed by atoms with Crippen LogP contribution in [0.2, 0.25) is 0 Å². The Labute approximate surface area is 85.5 Å². The van der Waals surface area contributed by atoms with Gasteiger partial charge in [0.1, 0.15) is 5.01 Å². The maximum Gasteiger partial charge on any atom is 0.266 e. The number of rotatable bonds is 4. The molecule has 2 N–H and O–H groups in total. The summed E-state index contributed by atoms with van der Waals surface area (Å²) in [6, 6.07) is 0. The Bertz CT molecular complexity index is 459. The topological polar surface area (TPSA) is 96.0 Å². The van der Waals surface area contributed by atoms with Crippen LogP contribution in [0.4, 0.5) is 0 Å². The molecule has 0 saturated heterocycles. The van der Waals surface area contributed by atoms with Crippen molar-refractivity contribution >= 4 is 21.5 Å². The van der Waals surface area contributed by atoms with Crippen molar-refractivity contribution < 1.29 is 13.0 Å². The van der Waals surface area contributed by atoms with Gasteiger partial charge >= 0.3 is 0 Å². The molecule has 0 aromatic carbocycles. The highest BCUT2D eigenvalue weighted by molar-refractivity contribution is 7.85. The van der Waals surface area contributed by atoms with E-state index in [1.54, 1.807) is 0 Å². The van der Waals surface area contributed by atoms with Crippen molar-refractivity contribution in [2.75, 3.05) is 5.75 Å². The second-order valence-corrected chi connectivity index (χ2v) is 5.30. The fourth-order valence-corrected chi connectivity index (χ4v) is 2.01. The van der Waals surface area contributed by atoms with E-state index in [1.165, 1.54) is 16.0 Å². The highest BCUT2D eigenvalue weighted by atomic mass is 32.2. The lowest BCUT2D eigenvalue weighted by Crippen LogP contribution is -2.20. The van der Waals surface area contributed by atoms with Crippen LogP contribution in [0.1, 0.15) is 11.9 Å². The molecule has 8 heteroatoms. The summed E-state index contributed by atoms with van der Waals surface area (Å²) in [5.41, 5.74) is 0. The molecule has 1 aromatic rings. The second-order valence-electron chi connectivity index (χ2n) is 2.66. The minimum absolute atomic E-state index is 0.0220. The molecule has 0 aliphatic carbocycles. The van der Waals surface area contributed by atoms with Gasteiger partial charge in [-0.15, -0.1) is 0 Å². The number of nitrogens with zero attached hydrogens (tertiary/aromatic N) is 2. The Kier molecular flexibility index (Phi) is 3.40. The predicted octanol–water partition coefficient (Wildman–Crippen LogP) is -0.126. The molecule has 0 saturated carbocycles. The van der Waals surface area contributed by atoms with Crippen LogP contribution in [0.5, 0.6) is 0 Å². The number of hydrogen-bond acceptors (Lipinski definition) is 5. The minimum Gasteiger partial charge on any atom is -0.285 e. The summed E-state index contributed by atoms with van der Waals surface area (Å²) >= 11 is 1.21. The molecular weight excluding hydrogens is 226 g/mol. The molecule has 0 unspecified atom stereocenters. The van der Waals surface area contributed by atoms with Gasteiger partial charge in [-0.2, -0.15) is 13.5 Å². The molecule has 80 valence electrons. The molecule has 0 aliphatic rings. The Balaban J connectivity index is 2.77. The van der Waals surface area contributed by atoms with Crippen LogP contribution in [0.3, 0.4) is 0 Å². The molecule has 0 radical (unpaired) electrons. The fourth-order valence-electron chi connectivity index (χ4n) is 0.861. The van der Waals surface area contributed by atoms with Crippen LogP contribution in [-0.2, 0) is 23.1 Å². The van der Waals surface area contributed by atoms with Gasteiger partial charge in [-0.1, -0.05) is 18.3 Å². The molecule has 1 heterocycles. The van der Waals surface area contributed by atoms with Crippen LogP contribution in [0, 0.1) is 5.41 Å². The van der Waals surface area contributed by atoms with Gasteiger partial charge in [0.15, 0.2) is 4.80 Å². The van der Waals surface area contributed by atoms with Gasteiger partial charge in [-0.25, -0.2) is 4.68 Å². The molecule has 0 aliphatic heterocycles. The zero-order chi connectivity index (χ0) is 10.8. The number of nitrogens with one attached hydrogen (secondary N) is 1. The van der Waals surface area contributed by atoms with Gasteiger partial charge in [-0.3, -0.25) is 9.96 Å². The van der Waals surface area contributed by atoms with Crippen molar-refractivity contribution in [3.63, 3.8) is 0 Å². The summed E-state index contributed by atoms with van der Waals surface area (Å²) in [5, 5.41) is 12.2. The number of hydrogen-bond donors (Lipinski definition) is 2. The SMILES string of the molecule is CCc1nn(CCS(=O)(=O)O)c(=N)s1. The van der Waals surface area contributed by atoms with E-state index in [0.717, 1.165) is 11.4 Å². The lowest BCUT2D eigenvalue weighted by Gasteiger charge is -1.97. The molecule has 14 heavy (non-hydrogen) atoms. The minimum atomic E-state index is -3.98. The van der Waals surface area contributed by atoms with Gasteiger partial charge in [0, 0.05) is 0 Å². The largest absolute Gasteiger partial charge is 0.285 e. The third kappa shape index (κ3) is 3.20. The molecule has 0 fully saturated rings. The first-order valence-corrected chi connectivity index (χ1v) is 6.41. The van der Waals surface area contributed by atoms with E-state index in [1.807, 2.05) is 6.92 Å². The summed E-state index contributed by atoms with van der Waals surface area (Å²) in [4.78, 5) is 0.200. The van der Waals surface area contributed by atoms with Crippen LogP contribution in [0.25, 0.3) is 0 Å². The van der Waals surface area contributed by atoms with Crippen molar-refractivity contribution in [2.24, 2.45) is 0 Å². The van der Waals surface area contributed by atoms with Crippen LogP contribution < -0.4 is 4.80 Å². The van der Waals surface area contributed by atoms with Crippen molar-refractivity contribution in [3.05, 3.63) is 9.81 Å². The quantitative estimate of drug-likeness (QED) is 0.713. The van der Waals surface area contributed by atoms with Crippen molar-refractivity contribution in [3.8, 4) is 0 Å². The lowest BCUT2D eigenvalue weighted by atomic mass is 10.5. The average molecular weight is 237 g/mol. The molecule has 0 bridgehead atoms. The van der Waals surface area contributed by atoms with E-state index < -0.39 is 15.9 Å². The summed E-state index contributed by atoms with van der Waals surface area (Å²) < 4.78 is 30.7. The lowest BCUT2D eigenvalue weighted by molar-refractivity contribution is 0.474. The second kappa shape index (κ2) is 4.20. The molecule has 1 rings (SSSR count). The molecule has 0 atom stereocenters. The molecule has 0 amide bonds. The summed E-state index contributed by atoms with van der Waals surface area (Å²) in [6.45, 7) is 1.93. The number of aromatic nitrogens is 2. The number of aryl methyl sites for hydroxylation is 2. The maximum absolute atomic E-state index is 10.4. The zero-order valence-electron chi connectivity index (χ0n) is 7.60. The van der Waals surface area contributed by atoms with Crippen LogP contribution >= 0.6 is 11.3 Å². The highest BCUT2D eigenvalue weighted by Gasteiger charge is 2.07. The van der Waals surface area contributed by atoms with Crippen molar-refractivity contribution in [1.29, 1.82) is 5.41 Å². The fraction of sp³-hybridized carbons (Fsp3) is 0.667. The van der Waals surface area contributed by atoms with Gasteiger partial charge in [0.25, 0.3) is 10.1 Å². The van der Waals surface area contributed by atoms with Crippen molar-refractivity contribution in [2.45, 2.75) is 19.9 Å². The first kappa shape index (κ1) is 11.3. The van der Waals surface area contributed by atoms with E-state index in [4.69, 9.17) is 9.96 Å². The monoisotopic (exact) mass is 237 g/mol. The third-order valence-electron chi connectivity index (χ3n) is 1.54. The van der Waals surface area contributed by atoms with E-state index >= 15 is 0 Å². The predicted molar refractivity (Wildman–Crippen MR) is 51.8 cm³/mol. The first-order valence-electron chi connectivity index (χ1n) is 3.99. The Hall–Kier alpha value is -0.730. The van der Waals surface area contributed by atoms with Gasteiger partial charge in [0.05, 0.1) is 12.3 Å². The van der Waals surface area contributed by atoms with E-state index in [0.29, 0.717) is 0 Å². The third-order valence-corrected chi connectivity index (χ3v) is 3.25. The Morgan fingerprint density at radius 2 is 2.29 bits per heavy atom. The van der Waals surface area contributed by atoms with Crippen LogP contribution in [-0.4, -0.2) is 28.5 Å². The molecule has 0 spiro atoms. The van der Waals surface area contributed by atoms with Crippen LogP contribution in [0.15, 0.2) is 0 Å². The Morgan fingerprint density at radius 1 is 1.64 bits per heavy atom. The Morgan fingerprint density at radius 3 is 2.71 bits per heavy atom. The van der Waals surface area contributed by atoms with Crippen molar-refractivity contribution in [1.82, 2.24) is 9.78 Å². The highest BCUT2D eigenvalue weighted by Crippen LogP contribution is 1.99. The average Bonchev–Trinajstić information content (AvgIpc) is 2.42. The normalized spacial score (nSPS) is 11.9. The van der Waals surface area contributed by atoms with E-state index in [-0.39, 0.29) is 11.3 Å². The zero-order valence-corrected chi connectivity index (χ0v) is 9.23. The van der Waals surface area contributed by atoms with E-state index in [9.17, 15) is 8.42 Å². The summed E-state index contributed by atoms with van der Waals surface area (Å²) in [6.07, 6.45) is 0.718. The molecule has 1 aromatic heterocycles.